The van der Waals surface area contributed by atoms with E-state index in [1.165, 1.54) is 22.3 Å². The minimum atomic E-state index is -0.803. The van der Waals surface area contributed by atoms with Crippen molar-refractivity contribution < 1.29 is 14.7 Å². The Hall–Kier alpha value is -4.12. The van der Waals surface area contributed by atoms with Crippen molar-refractivity contribution in [3.63, 3.8) is 0 Å². The van der Waals surface area contributed by atoms with E-state index in [0.29, 0.717) is 35.8 Å². The van der Waals surface area contributed by atoms with E-state index in [9.17, 15) is 9.59 Å². The lowest BCUT2D eigenvalue weighted by Gasteiger charge is -2.22. The van der Waals surface area contributed by atoms with Gasteiger partial charge in [0.2, 0.25) is 0 Å². The first-order chi connectivity index (χ1) is 20.1. The molecule has 4 rings (SSSR count). The highest BCUT2D eigenvalue weighted by Gasteiger charge is 2.17. The number of carboxylic acid groups (broad SMARTS) is 1. The van der Waals surface area contributed by atoms with Gasteiger partial charge >= 0.3 is 5.97 Å². The Kier molecular flexibility index (Phi) is 10.4. The third kappa shape index (κ3) is 8.45. The third-order valence-electron chi connectivity index (χ3n) is 7.57. The van der Waals surface area contributed by atoms with Gasteiger partial charge in [-0.25, -0.2) is 0 Å². The van der Waals surface area contributed by atoms with Crippen LogP contribution in [-0.2, 0) is 31.1 Å². The predicted molar refractivity (Wildman–Crippen MR) is 171 cm³/mol. The molecule has 0 unspecified atom stereocenters. The minimum Gasteiger partial charge on any atom is -0.481 e. The second-order valence-corrected chi connectivity index (χ2v) is 12.2. The molecular formula is C37H44N2O3. The van der Waals surface area contributed by atoms with Crippen LogP contribution in [0.25, 0.3) is 0 Å². The van der Waals surface area contributed by atoms with Crippen LogP contribution < -0.4 is 5.32 Å². The molecule has 0 atom stereocenters. The Labute approximate surface area is 250 Å². The van der Waals surface area contributed by atoms with Crippen LogP contribution in [0.5, 0.6) is 0 Å². The number of carboxylic acids is 1. The molecule has 3 aromatic carbocycles. The van der Waals surface area contributed by atoms with Gasteiger partial charge in [0.05, 0.1) is 6.04 Å². The maximum absolute atomic E-state index is 13.3. The third-order valence-corrected chi connectivity index (χ3v) is 7.57. The molecule has 0 aliphatic heterocycles. The molecule has 5 nitrogen and oxygen atoms in total. The average Bonchev–Trinajstić information content (AvgIpc) is 3.32. The molecular weight excluding hydrogens is 520 g/mol. The molecule has 0 amide bonds. The summed E-state index contributed by atoms with van der Waals surface area (Å²) < 4.78 is 1.91. The van der Waals surface area contributed by atoms with Gasteiger partial charge < -0.3 is 15.0 Å². The fraction of sp³-hybridized carbons (Fsp3) is 0.351. The topological polar surface area (TPSA) is 71.3 Å². The maximum Gasteiger partial charge on any atom is 0.303 e. The summed E-state index contributed by atoms with van der Waals surface area (Å²) in [5.74, 6) is 0.375. The molecule has 2 N–H and O–H groups in total. The van der Waals surface area contributed by atoms with Crippen LogP contribution >= 0.6 is 0 Å². The lowest BCUT2D eigenvalue weighted by Crippen LogP contribution is -2.13. The number of hydrogen-bond donors (Lipinski definition) is 2. The molecule has 4 aromatic rings. The van der Waals surface area contributed by atoms with Crippen LogP contribution in [0.4, 0.5) is 5.69 Å². The van der Waals surface area contributed by atoms with Crippen LogP contribution in [0.15, 0.2) is 85.1 Å². The van der Waals surface area contributed by atoms with Crippen molar-refractivity contribution in [2.75, 3.05) is 5.32 Å². The molecule has 0 saturated heterocycles. The SMILES string of the molecule is CC(C)Cc1ccc(C(Nc2ccc(C(=O)c3cc(CCCC(=O)O)n(C)c3)cc2)c2ccc(CC(C)C)cc2)cc1. The molecule has 0 spiro atoms. The van der Waals surface area contributed by atoms with Gasteiger partial charge in [-0.15, -0.1) is 0 Å². The van der Waals surface area contributed by atoms with Crippen LogP contribution in [0.1, 0.15) is 90.4 Å². The monoisotopic (exact) mass is 564 g/mol. The first kappa shape index (κ1) is 30.8. The maximum atomic E-state index is 13.3. The number of carbonyl (C=O) groups excluding carboxylic acids is 1. The Balaban J connectivity index is 1.53. The highest BCUT2D eigenvalue weighted by Crippen LogP contribution is 2.29. The van der Waals surface area contributed by atoms with Gasteiger partial charge in [0.1, 0.15) is 0 Å². The highest BCUT2D eigenvalue weighted by molar-refractivity contribution is 6.09. The number of aromatic nitrogens is 1. The predicted octanol–water partition coefficient (Wildman–Crippen LogP) is 8.26. The summed E-state index contributed by atoms with van der Waals surface area (Å²) in [5.41, 5.74) is 8.21. The molecule has 42 heavy (non-hydrogen) atoms. The second kappa shape index (κ2) is 14.2. The Morgan fingerprint density at radius 1 is 0.762 bits per heavy atom. The molecule has 5 heteroatoms. The van der Waals surface area contributed by atoms with Crippen molar-refractivity contribution in [1.82, 2.24) is 4.57 Å². The van der Waals surface area contributed by atoms with E-state index in [2.05, 4.69) is 81.5 Å². The molecule has 0 fully saturated rings. The van der Waals surface area contributed by atoms with Gasteiger partial charge in [0.25, 0.3) is 0 Å². The van der Waals surface area contributed by atoms with Gasteiger partial charge in [-0.2, -0.15) is 0 Å². The number of aliphatic carboxylic acids is 1. The van der Waals surface area contributed by atoms with Crippen molar-refractivity contribution >= 4 is 17.4 Å². The lowest BCUT2D eigenvalue weighted by atomic mass is 9.93. The van der Waals surface area contributed by atoms with Crippen molar-refractivity contribution in [3.8, 4) is 0 Å². The first-order valence-electron chi connectivity index (χ1n) is 15.0. The molecule has 1 aromatic heterocycles. The Morgan fingerprint density at radius 3 is 1.76 bits per heavy atom. The summed E-state index contributed by atoms with van der Waals surface area (Å²) in [6, 6.07) is 27.3. The molecule has 0 bridgehead atoms. The number of carbonyl (C=O) groups is 2. The van der Waals surface area contributed by atoms with Gasteiger partial charge in [-0.3, -0.25) is 9.59 Å². The van der Waals surface area contributed by atoms with E-state index in [1.807, 2.05) is 48.1 Å². The first-order valence-corrected chi connectivity index (χ1v) is 15.0. The fourth-order valence-corrected chi connectivity index (χ4v) is 5.45. The summed E-state index contributed by atoms with van der Waals surface area (Å²) in [4.78, 5) is 24.1. The molecule has 0 radical (unpaired) electrons. The van der Waals surface area contributed by atoms with E-state index in [-0.39, 0.29) is 18.2 Å². The summed E-state index contributed by atoms with van der Waals surface area (Å²) >= 11 is 0. The van der Waals surface area contributed by atoms with Crippen LogP contribution in [0.3, 0.4) is 0 Å². The number of ketones is 1. The van der Waals surface area contributed by atoms with Crippen molar-refractivity contribution in [3.05, 3.63) is 124 Å². The summed E-state index contributed by atoms with van der Waals surface area (Å²) in [7, 11) is 1.89. The van der Waals surface area contributed by atoms with Gasteiger partial charge in [-0.05, 0) is 90.1 Å². The van der Waals surface area contributed by atoms with Gasteiger partial charge in [0.15, 0.2) is 5.78 Å². The molecule has 0 aliphatic rings. The largest absolute Gasteiger partial charge is 0.481 e. The highest BCUT2D eigenvalue weighted by atomic mass is 16.4. The zero-order chi connectivity index (χ0) is 30.2. The van der Waals surface area contributed by atoms with E-state index in [1.54, 1.807) is 0 Å². The fourth-order valence-electron chi connectivity index (χ4n) is 5.45. The Morgan fingerprint density at radius 2 is 1.29 bits per heavy atom. The quantitative estimate of drug-likeness (QED) is 0.151. The van der Waals surface area contributed by atoms with E-state index in [0.717, 1.165) is 24.2 Å². The number of anilines is 1. The zero-order valence-corrected chi connectivity index (χ0v) is 25.6. The summed E-state index contributed by atoms with van der Waals surface area (Å²) in [5, 5.41) is 12.6. The lowest BCUT2D eigenvalue weighted by molar-refractivity contribution is -0.137. The van der Waals surface area contributed by atoms with Crippen LogP contribution in [0.2, 0.25) is 0 Å². The minimum absolute atomic E-state index is 0.0322. The average molecular weight is 565 g/mol. The number of rotatable bonds is 14. The normalized spacial score (nSPS) is 11.4. The second-order valence-electron chi connectivity index (χ2n) is 12.2. The summed E-state index contributed by atoms with van der Waals surface area (Å²) in [6.07, 6.45) is 5.23. The number of nitrogens with one attached hydrogen (secondary N) is 1. The summed E-state index contributed by atoms with van der Waals surface area (Å²) in [6.45, 7) is 8.96. The zero-order valence-electron chi connectivity index (χ0n) is 25.6. The molecule has 1 heterocycles. The van der Waals surface area contributed by atoms with Crippen molar-refractivity contribution in [2.45, 2.75) is 65.8 Å². The van der Waals surface area contributed by atoms with Crippen LogP contribution in [-0.4, -0.2) is 21.4 Å². The number of nitrogens with zero attached hydrogens (tertiary/aromatic N) is 1. The van der Waals surface area contributed by atoms with E-state index >= 15 is 0 Å². The van der Waals surface area contributed by atoms with Crippen molar-refractivity contribution in [1.29, 1.82) is 0 Å². The van der Waals surface area contributed by atoms with Gasteiger partial charge in [-0.1, -0.05) is 76.2 Å². The molecule has 0 saturated carbocycles. The van der Waals surface area contributed by atoms with E-state index < -0.39 is 5.97 Å². The number of benzene rings is 3. The number of aryl methyl sites for hydroxylation is 2. The van der Waals surface area contributed by atoms with Crippen molar-refractivity contribution in [2.24, 2.45) is 18.9 Å². The smallest absolute Gasteiger partial charge is 0.303 e. The Bertz CT molecular complexity index is 1410. The van der Waals surface area contributed by atoms with Crippen LogP contribution in [0, 0.1) is 11.8 Å². The van der Waals surface area contributed by atoms with Gasteiger partial charge in [0, 0.05) is 42.2 Å². The molecule has 220 valence electrons. The standard InChI is InChI=1S/C37H44N2O3/c1-25(2)21-27-9-13-29(14-10-27)36(30-15-11-28(12-16-30)22-26(3)4)38-33-19-17-31(18-20-33)37(42)32-23-34(39(5)24-32)7-6-8-35(40)41/h9-20,23-26,36,38H,6-8,21-22H2,1-5H3,(H,40,41). The number of hydrogen-bond acceptors (Lipinski definition) is 3. The van der Waals surface area contributed by atoms with E-state index in [4.69, 9.17) is 5.11 Å². The molecule has 0 aliphatic carbocycles.